The number of aliphatic imine (C=N–C) groups is 1. The van der Waals surface area contributed by atoms with Crippen molar-refractivity contribution < 1.29 is 17.9 Å². The molecule has 0 aliphatic carbocycles. The number of hydrogen-bond donors (Lipinski definition) is 2. The number of guanidine groups is 1. The Morgan fingerprint density at radius 3 is 2.70 bits per heavy atom. The van der Waals surface area contributed by atoms with E-state index in [0.29, 0.717) is 24.7 Å². The van der Waals surface area contributed by atoms with Crippen molar-refractivity contribution in [3.8, 4) is 5.75 Å². The van der Waals surface area contributed by atoms with E-state index in [1.54, 1.807) is 27.2 Å². The number of nitrogens with one attached hydrogen (secondary N) is 2. The van der Waals surface area contributed by atoms with Crippen molar-refractivity contribution in [3.05, 3.63) is 29.8 Å². The normalized spacial score (nSPS) is 18.3. The molecule has 1 atom stereocenters. The molecular weight excluding hydrogens is 483 g/mol. The first-order valence-electron chi connectivity index (χ1n) is 8.38. The number of halogens is 1. The monoisotopic (exact) mass is 510 g/mol. The van der Waals surface area contributed by atoms with E-state index in [4.69, 9.17) is 4.74 Å². The van der Waals surface area contributed by atoms with Gasteiger partial charge in [-0.3, -0.25) is 9.79 Å². The van der Waals surface area contributed by atoms with Gasteiger partial charge in [-0.2, -0.15) is 0 Å². The molecule has 152 valence electrons. The maximum absolute atomic E-state index is 11.6. The SMILES string of the molecule is CN=C(NCc1cccc(OCC(=O)N(C)C)c1)NC1CCS(=O)(=O)C1.I. The van der Waals surface area contributed by atoms with Gasteiger partial charge in [-0.05, 0) is 24.1 Å². The van der Waals surface area contributed by atoms with E-state index < -0.39 is 9.84 Å². The van der Waals surface area contributed by atoms with Gasteiger partial charge in [0.2, 0.25) is 0 Å². The maximum atomic E-state index is 11.6. The first kappa shape index (κ1) is 23.5. The van der Waals surface area contributed by atoms with Gasteiger partial charge in [-0.1, -0.05) is 12.1 Å². The third kappa shape index (κ3) is 7.91. The summed E-state index contributed by atoms with van der Waals surface area (Å²) in [6, 6.07) is 7.32. The van der Waals surface area contributed by atoms with Gasteiger partial charge >= 0.3 is 0 Å². The number of carbonyl (C=O) groups excluding carboxylic acids is 1. The van der Waals surface area contributed by atoms with Crippen LogP contribution in [-0.4, -0.2) is 70.5 Å². The lowest BCUT2D eigenvalue weighted by Crippen LogP contribution is -2.43. The van der Waals surface area contributed by atoms with Crippen LogP contribution in [0.4, 0.5) is 0 Å². The minimum absolute atomic E-state index is 0. The summed E-state index contributed by atoms with van der Waals surface area (Å²) in [6.07, 6.45) is 0.590. The molecule has 1 aromatic rings. The van der Waals surface area contributed by atoms with Crippen molar-refractivity contribution in [1.82, 2.24) is 15.5 Å². The van der Waals surface area contributed by atoms with Crippen LogP contribution in [0.2, 0.25) is 0 Å². The van der Waals surface area contributed by atoms with Crippen LogP contribution in [0, 0.1) is 0 Å². The zero-order valence-electron chi connectivity index (χ0n) is 15.8. The lowest BCUT2D eigenvalue weighted by molar-refractivity contribution is -0.130. The summed E-state index contributed by atoms with van der Waals surface area (Å²) in [5.41, 5.74) is 0.960. The number of sulfone groups is 1. The number of benzene rings is 1. The molecule has 1 heterocycles. The summed E-state index contributed by atoms with van der Waals surface area (Å²) >= 11 is 0. The largest absolute Gasteiger partial charge is 0.484 e. The molecule has 27 heavy (non-hydrogen) atoms. The molecule has 1 fully saturated rings. The van der Waals surface area contributed by atoms with Gasteiger partial charge in [-0.15, -0.1) is 24.0 Å². The fourth-order valence-corrected chi connectivity index (χ4v) is 4.18. The summed E-state index contributed by atoms with van der Waals surface area (Å²) in [5, 5.41) is 6.30. The molecule has 0 saturated carbocycles. The molecular formula is C17H27IN4O4S. The van der Waals surface area contributed by atoms with Gasteiger partial charge < -0.3 is 20.3 Å². The van der Waals surface area contributed by atoms with Crippen molar-refractivity contribution in [2.24, 2.45) is 4.99 Å². The summed E-state index contributed by atoms with van der Waals surface area (Å²) in [4.78, 5) is 17.2. The second-order valence-corrected chi connectivity index (χ2v) is 8.62. The van der Waals surface area contributed by atoms with Crippen molar-refractivity contribution >= 4 is 45.7 Å². The lowest BCUT2D eigenvalue weighted by Gasteiger charge is -2.16. The topological polar surface area (TPSA) is 100 Å². The number of hydrogen-bond acceptors (Lipinski definition) is 5. The Kier molecular flexibility index (Phi) is 9.30. The van der Waals surface area contributed by atoms with Crippen molar-refractivity contribution in [3.63, 3.8) is 0 Å². The summed E-state index contributed by atoms with van der Waals surface area (Å²) < 4.78 is 28.6. The molecule has 1 aliphatic rings. The predicted molar refractivity (Wildman–Crippen MR) is 116 cm³/mol. The minimum atomic E-state index is -2.93. The van der Waals surface area contributed by atoms with Crippen LogP contribution in [0.25, 0.3) is 0 Å². The molecule has 8 nitrogen and oxygen atoms in total. The van der Waals surface area contributed by atoms with Crippen LogP contribution in [0.15, 0.2) is 29.3 Å². The van der Waals surface area contributed by atoms with Gasteiger partial charge in [0.15, 0.2) is 22.4 Å². The zero-order chi connectivity index (χ0) is 19.2. The maximum Gasteiger partial charge on any atom is 0.259 e. The second-order valence-electron chi connectivity index (χ2n) is 6.39. The fraction of sp³-hybridized carbons (Fsp3) is 0.529. The molecule has 1 aliphatic heterocycles. The molecule has 2 N–H and O–H groups in total. The lowest BCUT2D eigenvalue weighted by atomic mass is 10.2. The van der Waals surface area contributed by atoms with Crippen LogP contribution in [0.1, 0.15) is 12.0 Å². The minimum Gasteiger partial charge on any atom is -0.484 e. The molecule has 10 heteroatoms. The fourth-order valence-electron chi connectivity index (χ4n) is 2.50. The Labute approximate surface area is 177 Å². The zero-order valence-corrected chi connectivity index (χ0v) is 18.9. The number of carbonyl (C=O) groups is 1. The third-order valence-corrected chi connectivity index (χ3v) is 5.78. The van der Waals surface area contributed by atoms with Crippen molar-refractivity contribution in [2.75, 3.05) is 39.3 Å². The smallest absolute Gasteiger partial charge is 0.259 e. The average Bonchev–Trinajstić information content (AvgIpc) is 2.95. The van der Waals surface area contributed by atoms with Crippen LogP contribution in [0.5, 0.6) is 5.75 Å². The van der Waals surface area contributed by atoms with E-state index in [-0.39, 0.29) is 54.0 Å². The Hall–Kier alpha value is -1.56. The molecule has 0 radical (unpaired) electrons. The Morgan fingerprint density at radius 1 is 1.37 bits per heavy atom. The van der Waals surface area contributed by atoms with E-state index in [2.05, 4.69) is 15.6 Å². The first-order valence-corrected chi connectivity index (χ1v) is 10.2. The van der Waals surface area contributed by atoms with Crippen LogP contribution in [0.3, 0.4) is 0 Å². The number of nitrogens with zero attached hydrogens (tertiary/aromatic N) is 2. The quantitative estimate of drug-likeness (QED) is 0.331. The van der Waals surface area contributed by atoms with E-state index in [1.165, 1.54) is 4.90 Å². The third-order valence-electron chi connectivity index (χ3n) is 4.02. The predicted octanol–water partition coefficient (Wildman–Crippen LogP) is 0.624. The van der Waals surface area contributed by atoms with Gasteiger partial charge in [0.25, 0.3) is 5.91 Å². The van der Waals surface area contributed by atoms with Gasteiger partial charge in [0.1, 0.15) is 5.75 Å². The second kappa shape index (κ2) is 10.7. The van der Waals surface area contributed by atoms with Crippen molar-refractivity contribution in [2.45, 2.75) is 19.0 Å². The molecule has 1 amide bonds. The highest BCUT2D eigenvalue weighted by atomic mass is 127. The van der Waals surface area contributed by atoms with E-state index in [9.17, 15) is 13.2 Å². The highest BCUT2D eigenvalue weighted by molar-refractivity contribution is 14.0. The molecule has 1 unspecified atom stereocenters. The van der Waals surface area contributed by atoms with Crippen LogP contribution in [-0.2, 0) is 21.2 Å². The van der Waals surface area contributed by atoms with E-state index in [0.717, 1.165) is 5.56 Å². The molecule has 1 aromatic carbocycles. The Balaban J connectivity index is 0.00000364. The summed E-state index contributed by atoms with van der Waals surface area (Å²) in [5.74, 6) is 1.42. The first-order chi connectivity index (χ1) is 12.3. The number of rotatable bonds is 6. The Morgan fingerprint density at radius 2 is 2.11 bits per heavy atom. The average molecular weight is 510 g/mol. The standard InChI is InChI=1S/C17H26N4O4S.HI/c1-18-17(20-14-7-8-26(23,24)12-14)19-10-13-5-4-6-15(9-13)25-11-16(22)21(2)3;/h4-6,9,14H,7-8,10-12H2,1-3H3,(H2,18,19,20);1H. The number of likely N-dealkylation sites (N-methyl/N-ethyl adjacent to an activating group) is 1. The summed E-state index contributed by atoms with van der Waals surface area (Å²) in [6.45, 7) is 0.487. The molecule has 0 bridgehead atoms. The van der Waals surface area contributed by atoms with Gasteiger partial charge in [-0.25, -0.2) is 8.42 Å². The van der Waals surface area contributed by atoms with Crippen molar-refractivity contribution in [1.29, 1.82) is 0 Å². The van der Waals surface area contributed by atoms with Gasteiger partial charge in [0.05, 0.1) is 11.5 Å². The van der Waals surface area contributed by atoms with Crippen LogP contribution >= 0.6 is 24.0 Å². The van der Waals surface area contributed by atoms with Crippen LogP contribution < -0.4 is 15.4 Å². The van der Waals surface area contributed by atoms with Gasteiger partial charge in [0, 0.05) is 33.7 Å². The molecule has 2 rings (SSSR count). The number of ether oxygens (including phenoxy) is 1. The summed E-state index contributed by atoms with van der Waals surface area (Å²) in [7, 11) is 2.07. The Bertz CT molecular complexity index is 768. The van der Waals surface area contributed by atoms with E-state index in [1.807, 2.05) is 18.2 Å². The highest BCUT2D eigenvalue weighted by Crippen LogP contribution is 2.14. The van der Waals surface area contributed by atoms with E-state index >= 15 is 0 Å². The highest BCUT2D eigenvalue weighted by Gasteiger charge is 2.28. The molecule has 0 aromatic heterocycles. The molecule has 0 spiro atoms. The molecule has 1 saturated heterocycles. The number of amides is 1.